The van der Waals surface area contributed by atoms with Crippen LogP contribution in [0.25, 0.3) is 0 Å². The molecule has 3 nitrogen and oxygen atoms in total. The number of hydrogen-bond acceptors (Lipinski definition) is 1. The average Bonchev–Trinajstić information content (AvgIpc) is 0.811. The van der Waals surface area contributed by atoms with Gasteiger partial charge in [-0.1, -0.05) is 0 Å². The van der Waals surface area contributed by atoms with Crippen LogP contribution in [0.3, 0.4) is 0 Å². The molecule has 0 atom stereocenters. The third kappa shape index (κ3) is 44.7. The molecule has 0 saturated carbocycles. The molecule has 2 N–H and O–H groups in total. The monoisotopic (exact) mass is 135 g/mol. The van der Waals surface area contributed by atoms with Gasteiger partial charge in [0.15, 0.2) is 0 Å². The summed E-state index contributed by atoms with van der Waals surface area (Å²) in [4.78, 5) is 14.2. The van der Waals surface area contributed by atoms with E-state index in [9.17, 15) is 0 Å². The van der Waals surface area contributed by atoms with Crippen LogP contribution in [0.4, 0.5) is 0 Å². The summed E-state index contributed by atoms with van der Waals surface area (Å²) >= 11 is 0. The van der Waals surface area contributed by atoms with Crippen molar-refractivity contribution in [2.75, 3.05) is 0 Å². The van der Waals surface area contributed by atoms with Crippen molar-refractivity contribution in [3.8, 4) is 0 Å². The van der Waals surface area contributed by atoms with Gasteiger partial charge in [0.1, 0.15) is 0 Å². The first-order chi connectivity index (χ1) is 1.73. The molecule has 0 aromatic carbocycles. The molecule has 0 saturated heterocycles. The van der Waals surface area contributed by atoms with Gasteiger partial charge in [-0.3, -0.25) is 0 Å². The minimum atomic E-state index is -2.87. The Kier molecular flexibility index (Phi) is 25.6. The smallest absolute Gasteiger partial charge is 0.358 e. The Morgan fingerprint density at radius 2 is 1.33 bits per heavy atom. The summed E-state index contributed by atoms with van der Waals surface area (Å²) in [7, 11) is -2.87. The molecule has 5 heteroatoms. The molecule has 0 aliphatic carbocycles. The Hall–Kier alpha value is 1.66. The van der Waals surface area contributed by atoms with Crippen LogP contribution in [-0.2, 0) is 4.57 Å². The van der Waals surface area contributed by atoms with Crippen molar-refractivity contribution in [2.45, 2.75) is 0 Å². The van der Waals surface area contributed by atoms with Gasteiger partial charge in [0.25, 0.3) is 0 Å². The minimum absolute atomic E-state index is 0. The molecule has 0 unspecified atom stereocenters. The molecule has 0 radical (unpaired) electrons. The van der Waals surface area contributed by atoms with E-state index in [-0.39, 0.29) is 58.8 Å². The van der Waals surface area contributed by atoms with Crippen molar-refractivity contribution >= 4 is 8.25 Å². The molecule has 0 aliphatic rings. The summed E-state index contributed by atoms with van der Waals surface area (Å²) in [5.41, 5.74) is 0. The molecule has 0 aromatic rings. The molecule has 6 heavy (non-hydrogen) atoms. The number of hydrogen-bond donors (Lipinski definition) is 2. The van der Waals surface area contributed by atoms with Gasteiger partial charge in [-0.15, -0.1) is 9.79 Å². The van der Waals surface area contributed by atoms with Gasteiger partial charge in [-0.05, 0) is 0 Å². The first kappa shape index (κ1) is 15.6. The van der Waals surface area contributed by atoms with Gasteiger partial charge < -0.3 is 7.43 Å². The van der Waals surface area contributed by atoms with Gasteiger partial charge >= 0.3 is 59.6 Å². The Bertz CT molecular complexity index is 33.8. The van der Waals surface area contributed by atoms with Crippen molar-refractivity contribution in [1.82, 2.24) is 0 Å². The predicted molar refractivity (Wildman–Crippen MR) is 18.5 cm³/mol. The maximum absolute atomic E-state index is 8.70. The van der Waals surface area contributed by atoms with E-state index >= 15 is 0 Å². The van der Waals surface area contributed by atoms with Crippen LogP contribution < -0.4 is 51.4 Å². The summed E-state index contributed by atoms with van der Waals surface area (Å²) in [5, 5.41) is 0. The summed E-state index contributed by atoms with van der Waals surface area (Å²) in [6.45, 7) is 0. The van der Waals surface area contributed by atoms with Crippen molar-refractivity contribution in [1.29, 1.82) is 0 Å². The summed E-state index contributed by atoms with van der Waals surface area (Å²) in [6.07, 6.45) is 0. The summed E-state index contributed by atoms with van der Waals surface area (Å²) in [6, 6.07) is 0. The second kappa shape index (κ2) is 9.82. The predicted octanol–water partition coefficient (Wildman–Crippen LogP) is -2.92. The zero-order chi connectivity index (χ0) is 3.58. The van der Waals surface area contributed by atoms with Crippen LogP contribution >= 0.6 is 8.25 Å². The molecular formula is CH5KO3P+. The van der Waals surface area contributed by atoms with E-state index in [2.05, 4.69) is 0 Å². The SMILES string of the molecule is O=[P+](O)O.[CH3-].[K+]. The Balaban J connectivity index is -0.0000000450. The van der Waals surface area contributed by atoms with E-state index < -0.39 is 8.25 Å². The largest absolute Gasteiger partial charge is 1.00 e. The van der Waals surface area contributed by atoms with Crippen LogP contribution in [-0.4, -0.2) is 9.79 Å². The van der Waals surface area contributed by atoms with Crippen LogP contribution in [0, 0.1) is 7.43 Å². The zero-order valence-corrected chi connectivity index (χ0v) is 7.77. The molecule has 0 heterocycles. The molecule has 32 valence electrons. The summed E-state index contributed by atoms with van der Waals surface area (Å²) < 4.78 is 8.70. The van der Waals surface area contributed by atoms with Crippen LogP contribution in [0.2, 0.25) is 0 Å². The fraction of sp³-hybridized carbons (Fsp3) is 0. The van der Waals surface area contributed by atoms with Gasteiger partial charge in [0.2, 0.25) is 0 Å². The van der Waals surface area contributed by atoms with E-state index in [1.165, 1.54) is 0 Å². The average molecular weight is 135 g/mol. The molecule has 0 bridgehead atoms. The molecule has 0 amide bonds. The minimum Gasteiger partial charge on any atom is -0.358 e. The second-order valence-corrected chi connectivity index (χ2v) is 0.758. The standard InChI is InChI=1S/CH3.K.HO3P/c;;1-4(2)3/h1H3;;(H-,1,2,3)/q-1;+1;/p+1. The maximum Gasteiger partial charge on any atom is 1.00 e. The first-order valence-electron chi connectivity index (χ1n) is 0.583. The molecule has 0 spiro atoms. The molecular weight excluding hydrogens is 130 g/mol. The second-order valence-electron chi connectivity index (χ2n) is 0.253. The van der Waals surface area contributed by atoms with Crippen molar-refractivity contribution in [2.24, 2.45) is 0 Å². The van der Waals surface area contributed by atoms with Crippen molar-refractivity contribution in [3.05, 3.63) is 7.43 Å². The topological polar surface area (TPSA) is 57.5 Å². The molecule has 0 fully saturated rings. The van der Waals surface area contributed by atoms with Gasteiger partial charge in [0.05, 0.1) is 0 Å². The Morgan fingerprint density at radius 1 is 1.33 bits per heavy atom. The van der Waals surface area contributed by atoms with Crippen LogP contribution in [0.15, 0.2) is 0 Å². The Morgan fingerprint density at radius 3 is 1.33 bits per heavy atom. The van der Waals surface area contributed by atoms with Crippen LogP contribution in [0.1, 0.15) is 0 Å². The van der Waals surface area contributed by atoms with Gasteiger partial charge in [-0.2, -0.15) is 0 Å². The van der Waals surface area contributed by atoms with E-state index in [4.69, 9.17) is 14.4 Å². The normalized spacial score (nSPS) is 4.33. The van der Waals surface area contributed by atoms with E-state index in [1.54, 1.807) is 0 Å². The third-order valence-electron chi connectivity index (χ3n) is 0. The van der Waals surface area contributed by atoms with E-state index in [1.807, 2.05) is 0 Å². The first-order valence-corrected chi connectivity index (χ1v) is 1.75. The maximum atomic E-state index is 8.70. The van der Waals surface area contributed by atoms with E-state index in [0.29, 0.717) is 0 Å². The van der Waals surface area contributed by atoms with Crippen molar-refractivity contribution in [3.63, 3.8) is 0 Å². The third-order valence-corrected chi connectivity index (χ3v) is 0. The number of rotatable bonds is 0. The van der Waals surface area contributed by atoms with Gasteiger partial charge in [-0.25, -0.2) is 0 Å². The summed E-state index contributed by atoms with van der Waals surface area (Å²) in [5.74, 6) is 0. The molecule has 0 aromatic heterocycles. The van der Waals surface area contributed by atoms with Gasteiger partial charge in [0, 0.05) is 4.57 Å². The molecule has 0 rings (SSSR count). The van der Waals surface area contributed by atoms with Crippen LogP contribution in [0.5, 0.6) is 0 Å². The van der Waals surface area contributed by atoms with E-state index in [0.717, 1.165) is 0 Å². The fourth-order valence-corrected chi connectivity index (χ4v) is 0. The molecule has 0 aliphatic heterocycles. The zero-order valence-electron chi connectivity index (χ0n) is 3.75. The van der Waals surface area contributed by atoms with Crippen molar-refractivity contribution < 1.29 is 65.7 Å². The Labute approximate surface area is 80.1 Å². The fourth-order valence-electron chi connectivity index (χ4n) is 0. The quantitative estimate of drug-likeness (QED) is 0.212.